The Morgan fingerprint density at radius 3 is 2.43 bits per heavy atom. The van der Waals surface area contributed by atoms with Crippen molar-refractivity contribution in [2.45, 2.75) is 32.2 Å². The van der Waals surface area contributed by atoms with Gasteiger partial charge in [-0.1, -0.05) is 30.3 Å². The molecular weight excluding hydrogens is 358 g/mol. The second kappa shape index (κ2) is 8.88. The fourth-order valence-electron chi connectivity index (χ4n) is 3.69. The fraction of sp³-hybridized carbons (Fsp3) is 0.450. The Labute approximate surface area is 163 Å². The number of nitrogens with two attached hydrogens (primary N) is 1. The van der Waals surface area contributed by atoms with E-state index in [2.05, 4.69) is 4.98 Å². The molecule has 1 aromatic carbocycles. The van der Waals surface area contributed by atoms with Crippen LogP contribution in [-0.4, -0.2) is 42.1 Å². The highest BCUT2D eigenvalue weighted by Crippen LogP contribution is 2.16. The molecule has 1 fully saturated rings. The number of hydrogen-bond donors (Lipinski definition) is 3. The van der Waals surface area contributed by atoms with Crippen LogP contribution in [0.1, 0.15) is 31.2 Å². The summed E-state index contributed by atoms with van der Waals surface area (Å²) in [5, 5.41) is 0. The number of likely N-dealkylation sites (tertiary alicyclic amines) is 1. The van der Waals surface area contributed by atoms with E-state index in [0.717, 1.165) is 31.5 Å². The highest BCUT2D eigenvalue weighted by molar-refractivity contribution is 5.95. The van der Waals surface area contributed by atoms with Crippen molar-refractivity contribution < 1.29 is 9.69 Å². The minimum Gasteiger partial charge on any atom is -0.383 e. The lowest BCUT2D eigenvalue weighted by molar-refractivity contribution is -0.891. The number of amides is 1. The largest absolute Gasteiger partial charge is 0.383 e. The summed E-state index contributed by atoms with van der Waals surface area (Å²) in [4.78, 5) is 42.3. The Morgan fingerprint density at radius 1 is 1.14 bits per heavy atom. The monoisotopic (exact) mass is 386 g/mol. The minimum absolute atomic E-state index is 0.000630. The van der Waals surface area contributed by atoms with Crippen molar-refractivity contribution in [1.82, 2.24) is 9.55 Å². The maximum Gasteiger partial charge on any atom is 0.330 e. The van der Waals surface area contributed by atoms with Crippen molar-refractivity contribution in [2.75, 3.05) is 37.3 Å². The van der Waals surface area contributed by atoms with Crippen LogP contribution in [0.5, 0.6) is 0 Å². The minimum atomic E-state index is -0.645. The van der Waals surface area contributed by atoms with Crippen molar-refractivity contribution in [1.29, 1.82) is 0 Å². The van der Waals surface area contributed by atoms with Crippen molar-refractivity contribution in [3.05, 3.63) is 56.7 Å². The number of aromatic nitrogens is 2. The van der Waals surface area contributed by atoms with Crippen molar-refractivity contribution in [3.63, 3.8) is 0 Å². The Balaban J connectivity index is 1.85. The van der Waals surface area contributed by atoms with Crippen LogP contribution in [0.4, 0.5) is 11.5 Å². The summed E-state index contributed by atoms with van der Waals surface area (Å²) in [6.07, 6.45) is 4.61. The normalized spacial score (nSPS) is 15.2. The zero-order valence-electron chi connectivity index (χ0n) is 16.2. The lowest BCUT2D eigenvalue weighted by Crippen LogP contribution is -3.13. The highest BCUT2D eigenvalue weighted by atomic mass is 16.2. The van der Waals surface area contributed by atoms with Gasteiger partial charge < -0.3 is 15.5 Å². The summed E-state index contributed by atoms with van der Waals surface area (Å²) in [6, 6.07) is 9.35. The third-order valence-corrected chi connectivity index (χ3v) is 5.32. The number of hydrogen-bond acceptors (Lipinski definition) is 4. The number of quaternary nitrogens is 1. The van der Waals surface area contributed by atoms with E-state index in [1.807, 2.05) is 30.3 Å². The van der Waals surface area contributed by atoms with E-state index in [1.165, 1.54) is 34.3 Å². The van der Waals surface area contributed by atoms with Gasteiger partial charge in [-0.25, -0.2) is 4.79 Å². The van der Waals surface area contributed by atoms with Gasteiger partial charge in [0.2, 0.25) is 0 Å². The molecule has 1 aromatic heterocycles. The number of nitrogens with zero attached hydrogens (tertiary/aromatic N) is 2. The predicted octanol–water partition coefficient (Wildman–Crippen LogP) is -0.411. The number of benzene rings is 1. The van der Waals surface area contributed by atoms with Crippen molar-refractivity contribution in [2.24, 2.45) is 0 Å². The number of carbonyl (C=O) groups excluding carboxylic acids is 1. The molecule has 0 unspecified atom stereocenters. The Hall–Kier alpha value is -2.87. The van der Waals surface area contributed by atoms with Crippen LogP contribution < -0.4 is 26.8 Å². The van der Waals surface area contributed by atoms with Crippen molar-refractivity contribution >= 4 is 17.4 Å². The van der Waals surface area contributed by atoms with Gasteiger partial charge in [-0.2, -0.15) is 0 Å². The highest BCUT2D eigenvalue weighted by Gasteiger charge is 2.24. The molecule has 1 aliphatic heterocycles. The first-order valence-electron chi connectivity index (χ1n) is 9.74. The SMILES string of the molecule is CN(C(=O)C[NH+]1CCCCCC1)c1c(N)n(Cc2ccccc2)c(=O)[nH]c1=O. The third kappa shape index (κ3) is 4.51. The van der Waals surface area contributed by atoms with Crippen LogP contribution in [0.15, 0.2) is 39.9 Å². The summed E-state index contributed by atoms with van der Waals surface area (Å²) in [5.74, 6) is -0.182. The summed E-state index contributed by atoms with van der Waals surface area (Å²) in [6.45, 7) is 2.44. The first-order chi connectivity index (χ1) is 13.5. The number of H-pyrrole nitrogens is 1. The maximum absolute atomic E-state index is 12.8. The average molecular weight is 386 g/mol. The van der Waals surface area contributed by atoms with E-state index in [0.29, 0.717) is 6.54 Å². The van der Waals surface area contributed by atoms with Crippen LogP contribution >= 0.6 is 0 Å². The topological polar surface area (TPSA) is 106 Å². The second-order valence-corrected chi connectivity index (χ2v) is 7.36. The first kappa shape index (κ1) is 19.9. The maximum atomic E-state index is 12.8. The molecule has 8 heteroatoms. The van der Waals surface area contributed by atoms with Crippen LogP contribution in [0, 0.1) is 0 Å². The summed E-state index contributed by atoms with van der Waals surface area (Å²) >= 11 is 0. The van der Waals surface area contributed by atoms with Gasteiger partial charge in [-0.05, 0) is 31.2 Å². The Bertz CT molecular complexity index is 927. The van der Waals surface area contributed by atoms with Gasteiger partial charge in [-0.15, -0.1) is 0 Å². The fourth-order valence-corrected chi connectivity index (χ4v) is 3.69. The smallest absolute Gasteiger partial charge is 0.330 e. The molecule has 1 amide bonds. The standard InChI is InChI=1S/C20H27N5O3/c1-23(16(26)14-24-11-7-2-3-8-12-24)17-18(21)25(20(28)22-19(17)27)13-15-9-5-4-6-10-15/h4-6,9-10H,2-3,7-8,11-14,21H2,1H3,(H,22,27,28)/p+1. The number of carbonyl (C=O) groups is 1. The molecule has 0 aliphatic carbocycles. The van der Waals surface area contributed by atoms with Crippen LogP contribution in [0.25, 0.3) is 0 Å². The van der Waals surface area contributed by atoms with Gasteiger partial charge in [0.15, 0.2) is 12.2 Å². The molecule has 0 saturated carbocycles. The van der Waals surface area contributed by atoms with E-state index < -0.39 is 11.2 Å². The van der Waals surface area contributed by atoms with Crippen LogP contribution in [0.2, 0.25) is 0 Å². The van der Waals surface area contributed by atoms with E-state index in [1.54, 1.807) is 0 Å². The summed E-state index contributed by atoms with van der Waals surface area (Å²) in [5.41, 5.74) is 5.83. The molecule has 28 heavy (non-hydrogen) atoms. The lowest BCUT2D eigenvalue weighted by Gasteiger charge is -2.23. The molecule has 0 atom stereocenters. The molecule has 2 aromatic rings. The summed E-state index contributed by atoms with van der Waals surface area (Å²) in [7, 11) is 1.54. The Morgan fingerprint density at radius 2 is 1.79 bits per heavy atom. The molecule has 150 valence electrons. The number of nitrogen functional groups attached to an aromatic ring is 1. The van der Waals surface area contributed by atoms with Crippen LogP contribution in [-0.2, 0) is 11.3 Å². The van der Waals surface area contributed by atoms with Gasteiger partial charge in [0.05, 0.1) is 19.6 Å². The van der Waals surface area contributed by atoms with E-state index >= 15 is 0 Å². The molecule has 8 nitrogen and oxygen atoms in total. The zero-order valence-corrected chi connectivity index (χ0v) is 16.2. The number of anilines is 2. The molecule has 2 heterocycles. The zero-order chi connectivity index (χ0) is 20.1. The average Bonchev–Trinajstić information content (AvgIpc) is 2.94. The number of nitrogens with one attached hydrogen (secondary N) is 2. The summed E-state index contributed by atoms with van der Waals surface area (Å²) < 4.78 is 1.29. The van der Waals surface area contributed by atoms with E-state index in [9.17, 15) is 14.4 Å². The molecule has 1 saturated heterocycles. The number of likely N-dealkylation sites (N-methyl/N-ethyl adjacent to an activating group) is 1. The number of aromatic amines is 1. The van der Waals surface area contributed by atoms with Crippen molar-refractivity contribution in [3.8, 4) is 0 Å². The van der Waals surface area contributed by atoms with E-state index in [4.69, 9.17) is 5.73 Å². The van der Waals surface area contributed by atoms with Gasteiger partial charge in [0.1, 0.15) is 5.82 Å². The van der Waals surface area contributed by atoms with Crippen LogP contribution in [0.3, 0.4) is 0 Å². The molecule has 4 N–H and O–H groups in total. The van der Waals surface area contributed by atoms with Gasteiger partial charge in [0, 0.05) is 7.05 Å². The Kier molecular flexibility index (Phi) is 6.30. The lowest BCUT2D eigenvalue weighted by atomic mass is 10.2. The molecule has 0 bridgehead atoms. The third-order valence-electron chi connectivity index (χ3n) is 5.32. The molecule has 0 radical (unpaired) electrons. The van der Waals surface area contributed by atoms with E-state index in [-0.39, 0.29) is 24.0 Å². The second-order valence-electron chi connectivity index (χ2n) is 7.36. The number of rotatable bonds is 5. The van der Waals surface area contributed by atoms with Gasteiger partial charge in [0.25, 0.3) is 11.5 Å². The van der Waals surface area contributed by atoms with Gasteiger partial charge in [-0.3, -0.25) is 19.1 Å². The quantitative estimate of drug-likeness (QED) is 0.649. The first-order valence-corrected chi connectivity index (χ1v) is 9.74. The predicted molar refractivity (Wildman–Crippen MR) is 109 cm³/mol. The molecule has 1 aliphatic rings. The molecule has 3 rings (SSSR count). The van der Waals surface area contributed by atoms with Gasteiger partial charge >= 0.3 is 5.69 Å². The molecular formula is C20H28N5O3+. The molecule has 0 spiro atoms.